The number of carbonyl (C=O) groups is 2. The molecule has 1 fully saturated rings. The zero-order valence-electron chi connectivity index (χ0n) is 12.2. The van der Waals surface area contributed by atoms with Crippen LogP contribution in [0.15, 0.2) is 30.3 Å². The van der Waals surface area contributed by atoms with E-state index in [9.17, 15) is 9.59 Å². The molecule has 2 amide bonds. The normalized spacial score (nSPS) is 14.2. The second-order valence-corrected chi connectivity index (χ2v) is 5.24. The van der Waals surface area contributed by atoms with Gasteiger partial charge in [0.15, 0.2) is 6.61 Å². The van der Waals surface area contributed by atoms with Crippen LogP contribution in [0.2, 0.25) is 0 Å². The molecule has 1 aromatic carbocycles. The average Bonchev–Trinajstić information content (AvgIpc) is 3.02. The number of nitrogens with zero attached hydrogens (tertiary/aromatic N) is 1. The number of hydrogen-bond acceptors (Lipinski definition) is 3. The van der Waals surface area contributed by atoms with Crippen LogP contribution in [0.4, 0.5) is 0 Å². The van der Waals surface area contributed by atoms with Gasteiger partial charge in [0, 0.05) is 19.5 Å². The van der Waals surface area contributed by atoms with Gasteiger partial charge in [-0.3, -0.25) is 14.4 Å². The summed E-state index contributed by atoms with van der Waals surface area (Å²) in [5, 5.41) is 0. The summed E-state index contributed by atoms with van der Waals surface area (Å²) in [5.74, 6) is -0.239. The SMILES string of the molecule is O=C(CCCc1ccccc1)NOCC(=O)N1CCCC1. The van der Waals surface area contributed by atoms with Gasteiger partial charge in [0.2, 0.25) is 5.91 Å². The summed E-state index contributed by atoms with van der Waals surface area (Å²) >= 11 is 0. The van der Waals surface area contributed by atoms with Gasteiger partial charge in [-0.05, 0) is 31.2 Å². The van der Waals surface area contributed by atoms with E-state index in [0.29, 0.717) is 6.42 Å². The Kier molecular flexibility index (Phi) is 6.22. The molecule has 1 N–H and O–H groups in total. The molecule has 1 aromatic rings. The third-order valence-electron chi connectivity index (χ3n) is 3.55. The molecule has 0 bridgehead atoms. The summed E-state index contributed by atoms with van der Waals surface area (Å²) < 4.78 is 0. The summed E-state index contributed by atoms with van der Waals surface area (Å²) in [4.78, 5) is 30.0. The number of likely N-dealkylation sites (tertiary alicyclic amines) is 1. The highest BCUT2D eigenvalue weighted by Crippen LogP contribution is 2.07. The van der Waals surface area contributed by atoms with Crippen LogP contribution in [-0.4, -0.2) is 36.4 Å². The molecule has 5 nitrogen and oxygen atoms in total. The van der Waals surface area contributed by atoms with Gasteiger partial charge in [0.25, 0.3) is 5.91 Å². The molecule has 0 radical (unpaired) electrons. The number of hydroxylamine groups is 1. The van der Waals surface area contributed by atoms with Crippen molar-refractivity contribution >= 4 is 11.8 Å². The van der Waals surface area contributed by atoms with Gasteiger partial charge in [0.1, 0.15) is 0 Å². The molecule has 5 heteroatoms. The monoisotopic (exact) mass is 290 g/mol. The van der Waals surface area contributed by atoms with Crippen molar-refractivity contribution in [2.24, 2.45) is 0 Å². The minimum atomic E-state index is -0.180. The second-order valence-electron chi connectivity index (χ2n) is 5.24. The molecule has 114 valence electrons. The molecule has 0 atom stereocenters. The number of carbonyl (C=O) groups excluding carboxylic acids is 2. The van der Waals surface area contributed by atoms with Crippen molar-refractivity contribution in [3.63, 3.8) is 0 Å². The van der Waals surface area contributed by atoms with Crippen LogP contribution in [0.3, 0.4) is 0 Å². The molecule has 1 aliphatic rings. The van der Waals surface area contributed by atoms with Crippen molar-refractivity contribution < 1.29 is 14.4 Å². The van der Waals surface area contributed by atoms with Crippen LogP contribution in [-0.2, 0) is 20.8 Å². The number of amides is 2. The lowest BCUT2D eigenvalue weighted by atomic mass is 10.1. The standard InChI is InChI=1S/C16H22N2O3/c19-15(10-6-9-14-7-2-1-3-8-14)17-21-13-16(20)18-11-4-5-12-18/h1-3,7-8H,4-6,9-13H2,(H,17,19). The van der Waals surface area contributed by atoms with Crippen molar-refractivity contribution in [3.05, 3.63) is 35.9 Å². The quantitative estimate of drug-likeness (QED) is 0.777. The highest BCUT2D eigenvalue weighted by Gasteiger charge is 2.17. The molecule has 21 heavy (non-hydrogen) atoms. The van der Waals surface area contributed by atoms with Crippen molar-refractivity contribution in [2.45, 2.75) is 32.1 Å². The highest BCUT2D eigenvalue weighted by molar-refractivity contribution is 5.78. The molecule has 0 aliphatic carbocycles. The highest BCUT2D eigenvalue weighted by atomic mass is 16.7. The van der Waals surface area contributed by atoms with Gasteiger partial charge in [-0.1, -0.05) is 30.3 Å². The molecule has 0 aromatic heterocycles. The maximum absolute atomic E-state index is 11.7. The van der Waals surface area contributed by atoms with E-state index in [1.54, 1.807) is 4.90 Å². The van der Waals surface area contributed by atoms with Crippen molar-refractivity contribution in [3.8, 4) is 0 Å². The van der Waals surface area contributed by atoms with Crippen molar-refractivity contribution in [1.82, 2.24) is 10.4 Å². The van der Waals surface area contributed by atoms with Crippen LogP contribution in [0.5, 0.6) is 0 Å². The smallest absolute Gasteiger partial charge is 0.251 e. The van der Waals surface area contributed by atoms with Crippen molar-refractivity contribution in [1.29, 1.82) is 0 Å². The molecule has 0 saturated carbocycles. The zero-order chi connectivity index (χ0) is 14.9. The first-order valence-corrected chi connectivity index (χ1v) is 7.48. The summed E-state index contributed by atoms with van der Waals surface area (Å²) in [6, 6.07) is 10.0. The van der Waals surface area contributed by atoms with Gasteiger partial charge in [-0.2, -0.15) is 0 Å². The van der Waals surface area contributed by atoms with E-state index in [-0.39, 0.29) is 18.4 Å². The van der Waals surface area contributed by atoms with E-state index < -0.39 is 0 Å². The Morgan fingerprint density at radius 2 is 1.86 bits per heavy atom. The number of rotatable bonds is 7. The Balaban J connectivity index is 1.54. The predicted molar refractivity (Wildman–Crippen MR) is 79.3 cm³/mol. The van der Waals surface area contributed by atoms with E-state index in [0.717, 1.165) is 38.8 Å². The first-order chi connectivity index (χ1) is 10.3. The number of nitrogens with one attached hydrogen (secondary N) is 1. The third kappa shape index (κ3) is 5.55. The first-order valence-electron chi connectivity index (χ1n) is 7.48. The lowest BCUT2D eigenvalue weighted by molar-refractivity contribution is -0.144. The predicted octanol–water partition coefficient (Wildman–Crippen LogP) is 1.68. The number of aryl methyl sites for hydroxylation is 1. The molecule has 0 spiro atoms. The Hall–Kier alpha value is -1.88. The lowest BCUT2D eigenvalue weighted by Gasteiger charge is -2.14. The Morgan fingerprint density at radius 1 is 1.14 bits per heavy atom. The van der Waals surface area contributed by atoms with E-state index in [1.807, 2.05) is 30.3 Å². The van der Waals surface area contributed by atoms with Gasteiger partial charge < -0.3 is 4.90 Å². The number of benzene rings is 1. The van der Waals surface area contributed by atoms with E-state index >= 15 is 0 Å². The summed E-state index contributed by atoms with van der Waals surface area (Å²) in [5.41, 5.74) is 3.55. The molecular weight excluding hydrogens is 268 g/mol. The fourth-order valence-electron chi connectivity index (χ4n) is 2.38. The Bertz CT molecular complexity index is 456. The minimum Gasteiger partial charge on any atom is -0.341 e. The molecule has 0 unspecified atom stereocenters. The molecular formula is C16H22N2O3. The minimum absolute atomic E-state index is 0.0583. The summed E-state index contributed by atoms with van der Waals surface area (Å²) in [6.45, 7) is 1.52. The maximum atomic E-state index is 11.7. The number of hydrogen-bond donors (Lipinski definition) is 1. The van der Waals surface area contributed by atoms with Crippen LogP contribution in [0, 0.1) is 0 Å². The zero-order valence-corrected chi connectivity index (χ0v) is 12.2. The van der Waals surface area contributed by atoms with Crippen LogP contribution in [0.1, 0.15) is 31.2 Å². The van der Waals surface area contributed by atoms with E-state index in [4.69, 9.17) is 4.84 Å². The third-order valence-corrected chi connectivity index (χ3v) is 3.55. The van der Waals surface area contributed by atoms with Gasteiger partial charge in [-0.15, -0.1) is 0 Å². The fraction of sp³-hybridized carbons (Fsp3) is 0.500. The molecule has 2 rings (SSSR count). The molecule has 1 heterocycles. The van der Waals surface area contributed by atoms with Crippen LogP contribution in [0.25, 0.3) is 0 Å². The first kappa shape index (κ1) is 15.5. The van der Waals surface area contributed by atoms with E-state index in [2.05, 4.69) is 5.48 Å². The summed E-state index contributed by atoms with van der Waals surface area (Å²) in [7, 11) is 0. The van der Waals surface area contributed by atoms with Crippen LogP contribution < -0.4 is 5.48 Å². The van der Waals surface area contributed by atoms with E-state index in [1.165, 1.54) is 5.56 Å². The van der Waals surface area contributed by atoms with Gasteiger partial charge in [0.05, 0.1) is 0 Å². The average molecular weight is 290 g/mol. The fourth-order valence-corrected chi connectivity index (χ4v) is 2.38. The van der Waals surface area contributed by atoms with Crippen LogP contribution >= 0.6 is 0 Å². The second kappa shape index (κ2) is 8.42. The molecule has 1 saturated heterocycles. The Morgan fingerprint density at radius 3 is 2.57 bits per heavy atom. The van der Waals surface area contributed by atoms with Gasteiger partial charge >= 0.3 is 0 Å². The van der Waals surface area contributed by atoms with Gasteiger partial charge in [-0.25, -0.2) is 5.48 Å². The summed E-state index contributed by atoms with van der Waals surface area (Å²) in [6.07, 6.45) is 4.13. The Labute approximate surface area is 125 Å². The van der Waals surface area contributed by atoms with Crippen molar-refractivity contribution in [2.75, 3.05) is 19.7 Å². The topological polar surface area (TPSA) is 58.6 Å². The maximum Gasteiger partial charge on any atom is 0.251 e. The lowest BCUT2D eigenvalue weighted by Crippen LogP contribution is -2.34. The largest absolute Gasteiger partial charge is 0.341 e. The molecule has 1 aliphatic heterocycles.